The minimum atomic E-state index is 0.196. The molecule has 1 aromatic carbocycles. The lowest BCUT2D eigenvalue weighted by Crippen LogP contribution is -2.68. The Morgan fingerprint density at radius 3 is 2.31 bits per heavy atom. The second kappa shape index (κ2) is 6.29. The lowest BCUT2D eigenvalue weighted by molar-refractivity contribution is 0.000682. The van der Waals surface area contributed by atoms with Crippen LogP contribution in [0.2, 0.25) is 0 Å². The van der Waals surface area contributed by atoms with E-state index >= 15 is 0 Å². The highest BCUT2D eigenvalue weighted by molar-refractivity contribution is 7.80. The van der Waals surface area contributed by atoms with Gasteiger partial charge in [0.2, 0.25) is 0 Å². The molecule has 2 heterocycles. The molecule has 3 nitrogen and oxygen atoms in total. The molecule has 0 amide bonds. The quantitative estimate of drug-likeness (QED) is 0.715. The first-order chi connectivity index (χ1) is 12.6. The number of hydrogen-bond donors (Lipinski definition) is 3. The Balaban J connectivity index is 1.39. The number of rotatable bonds is 3. The third-order valence-electron chi connectivity index (χ3n) is 7.67. The molecule has 2 atom stereocenters. The van der Waals surface area contributed by atoms with E-state index in [1.54, 1.807) is 0 Å². The van der Waals surface area contributed by atoms with E-state index in [2.05, 4.69) is 41.0 Å². The highest BCUT2D eigenvalue weighted by atomic mass is 32.1. The number of nitrogens with one attached hydrogen (secondary N) is 2. The van der Waals surface area contributed by atoms with E-state index in [-0.39, 0.29) is 5.41 Å². The van der Waals surface area contributed by atoms with Gasteiger partial charge in [-0.2, -0.15) is 0 Å². The molecule has 0 spiro atoms. The molecule has 3 aliphatic carbocycles. The summed E-state index contributed by atoms with van der Waals surface area (Å²) >= 11 is 6.09. The Morgan fingerprint density at radius 1 is 1.00 bits per heavy atom. The molecule has 0 radical (unpaired) electrons. The zero-order valence-corrected chi connectivity index (χ0v) is 16.4. The van der Waals surface area contributed by atoms with Crippen molar-refractivity contribution in [1.82, 2.24) is 10.6 Å². The summed E-state index contributed by atoms with van der Waals surface area (Å²) in [6, 6.07) is 13.4. The van der Waals surface area contributed by atoms with Gasteiger partial charge in [0.1, 0.15) is 0 Å². The van der Waals surface area contributed by atoms with Crippen molar-refractivity contribution in [2.24, 2.45) is 11.1 Å². The van der Waals surface area contributed by atoms with Gasteiger partial charge in [-0.1, -0.05) is 42.5 Å². The fraction of sp³-hybridized carbons (Fsp3) is 0.682. The molecule has 3 saturated carbocycles. The molecule has 4 heteroatoms. The van der Waals surface area contributed by atoms with E-state index in [4.69, 9.17) is 18.0 Å². The smallest absolute Gasteiger partial charge is 0.0819 e. The summed E-state index contributed by atoms with van der Waals surface area (Å²) in [5.41, 5.74) is 8.14. The molecule has 6 rings (SSSR count). The van der Waals surface area contributed by atoms with Crippen LogP contribution in [0.3, 0.4) is 0 Å². The number of piperidine rings is 2. The van der Waals surface area contributed by atoms with Crippen molar-refractivity contribution in [2.45, 2.75) is 87.4 Å². The third-order valence-corrected chi connectivity index (χ3v) is 8.22. The molecular formula is C22H31N3S. The fourth-order valence-corrected chi connectivity index (χ4v) is 7.11. The van der Waals surface area contributed by atoms with E-state index in [0.717, 1.165) is 17.8 Å². The highest BCUT2D eigenvalue weighted by Gasteiger charge is 2.59. The zero-order chi connectivity index (χ0) is 17.8. The van der Waals surface area contributed by atoms with E-state index in [1.807, 2.05) is 0 Å². The van der Waals surface area contributed by atoms with Crippen LogP contribution in [0.5, 0.6) is 0 Å². The maximum absolute atomic E-state index is 6.09. The predicted molar refractivity (Wildman–Crippen MR) is 110 cm³/mol. The first-order valence-electron chi connectivity index (χ1n) is 10.5. The van der Waals surface area contributed by atoms with Gasteiger partial charge in [-0.15, -0.1) is 0 Å². The zero-order valence-electron chi connectivity index (χ0n) is 15.5. The molecule has 0 aromatic heterocycles. The second-order valence-electron chi connectivity index (χ2n) is 9.57. The van der Waals surface area contributed by atoms with Gasteiger partial charge < -0.3 is 16.4 Å². The minimum absolute atomic E-state index is 0.196. The van der Waals surface area contributed by atoms with E-state index < -0.39 is 0 Å². The maximum Gasteiger partial charge on any atom is 0.0819 e. The SMILES string of the molecule is N[C@H]1CC[C@H](NC(=S)C23CC4CC(c5ccccc5)(CC(C2)N4)C3)CC1. The van der Waals surface area contributed by atoms with Gasteiger partial charge in [0.15, 0.2) is 0 Å². The second-order valence-corrected chi connectivity index (χ2v) is 9.97. The summed E-state index contributed by atoms with van der Waals surface area (Å²) in [5, 5.41) is 7.71. The van der Waals surface area contributed by atoms with Crippen LogP contribution in [-0.4, -0.2) is 29.2 Å². The van der Waals surface area contributed by atoms with Crippen LogP contribution in [-0.2, 0) is 5.41 Å². The fourth-order valence-electron chi connectivity index (χ4n) is 6.70. The third kappa shape index (κ3) is 2.81. The molecule has 26 heavy (non-hydrogen) atoms. The Bertz CT molecular complexity index is 666. The molecule has 2 saturated heterocycles. The van der Waals surface area contributed by atoms with E-state index in [1.165, 1.54) is 50.5 Å². The van der Waals surface area contributed by atoms with Crippen LogP contribution < -0.4 is 16.4 Å². The summed E-state index contributed by atoms with van der Waals surface area (Å²) in [4.78, 5) is 1.16. The Hall–Kier alpha value is -0.970. The van der Waals surface area contributed by atoms with Crippen LogP contribution in [0.1, 0.15) is 63.4 Å². The van der Waals surface area contributed by atoms with Gasteiger partial charge in [0.25, 0.3) is 0 Å². The molecule has 2 aliphatic heterocycles. The van der Waals surface area contributed by atoms with Crippen molar-refractivity contribution in [3.05, 3.63) is 35.9 Å². The van der Waals surface area contributed by atoms with Crippen LogP contribution in [0.25, 0.3) is 0 Å². The normalized spacial score (nSPS) is 44.0. The van der Waals surface area contributed by atoms with Crippen LogP contribution >= 0.6 is 12.2 Å². The Kier molecular flexibility index (Phi) is 4.15. The van der Waals surface area contributed by atoms with Crippen molar-refractivity contribution >= 4 is 17.2 Å². The van der Waals surface area contributed by atoms with Gasteiger partial charge in [-0.05, 0) is 68.8 Å². The molecule has 4 N–H and O–H groups in total. The van der Waals surface area contributed by atoms with Crippen molar-refractivity contribution in [1.29, 1.82) is 0 Å². The van der Waals surface area contributed by atoms with Crippen molar-refractivity contribution < 1.29 is 0 Å². The monoisotopic (exact) mass is 369 g/mol. The molecule has 5 aliphatic rings. The number of thiocarbonyl (C=S) groups is 1. The van der Waals surface area contributed by atoms with Crippen LogP contribution in [0.4, 0.5) is 0 Å². The topological polar surface area (TPSA) is 50.1 Å². The van der Waals surface area contributed by atoms with E-state index in [0.29, 0.717) is 29.6 Å². The minimum Gasteiger partial charge on any atom is -0.376 e. The Labute approximate surface area is 162 Å². The molecular weight excluding hydrogens is 338 g/mol. The standard InChI is InChI=1S/C22H31N3S/c23-16-6-8-17(9-7-16)25-20(26)22-12-18-10-21(14-22,11-19(13-22)24-18)15-4-2-1-3-5-15/h1-5,16-19,24H,6-14,23H2,(H,25,26)/t16-,17-,18?,19?,21?,22?. The van der Waals surface area contributed by atoms with Gasteiger partial charge >= 0.3 is 0 Å². The molecule has 1 aromatic rings. The number of hydrogen-bond acceptors (Lipinski definition) is 3. The molecule has 2 unspecified atom stereocenters. The average Bonchev–Trinajstić information content (AvgIpc) is 2.63. The highest BCUT2D eigenvalue weighted by Crippen LogP contribution is 2.60. The Morgan fingerprint density at radius 2 is 1.65 bits per heavy atom. The number of nitrogens with two attached hydrogens (primary N) is 1. The van der Waals surface area contributed by atoms with Gasteiger partial charge in [-0.3, -0.25) is 0 Å². The largest absolute Gasteiger partial charge is 0.376 e. The summed E-state index contributed by atoms with van der Waals surface area (Å²) in [5.74, 6) is 0. The first-order valence-corrected chi connectivity index (χ1v) is 10.9. The summed E-state index contributed by atoms with van der Waals surface area (Å²) in [7, 11) is 0. The van der Waals surface area contributed by atoms with Gasteiger partial charge in [-0.25, -0.2) is 0 Å². The average molecular weight is 370 g/mol. The predicted octanol–water partition coefficient (Wildman–Crippen LogP) is 3.42. The van der Waals surface area contributed by atoms with Gasteiger partial charge in [0.05, 0.1) is 4.99 Å². The van der Waals surface area contributed by atoms with E-state index in [9.17, 15) is 0 Å². The summed E-state index contributed by atoms with van der Waals surface area (Å²) < 4.78 is 0. The molecule has 140 valence electrons. The van der Waals surface area contributed by atoms with Crippen LogP contribution in [0.15, 0.2) is 30.3 Å². The van der Waals surface area contributed by atoms with Crippen molar-refractivity contribution in [2.75, 3.05) is 0 Å². The van der Waals surface area contributed by atoms with Crippen molar-refractivity contribution in [3.63, 3.8) is 0 Å². The summed E-state index contributed by atoms with van der Waals surface area (Å²) in [6.45, 7) is 0. The molecule has 5 fully saturated rings. The van der Waals surface area contributed by atoms with Crippen molar-refractivity contribution in [3.8, 4) is 0 Å². The lowest BCUT2D eigenvalue weighted by Gasteiger charge is -2.63. The first kappa shape index (κ1) is 17.2. The number of benzene rings is 1. The summed E-state index contributed by atoms with van der Waals surface area (Å²) in [6.07, 6.45) is 10.8. The lowest BCUT2D eigenvalue weighted by atomic mass is 9.48. The van der Waals surface area contributed by atoms with Crippen LogP contribution in [0, 0.1) is 5.41 Å². The van der Waals surface area contributed by atoms with Gasteiger partial charge in [0, 0.05) is 29.6 Å². The molecule has 4 bridgehead atoms. The maximum atomic E-state index is 6.09.